The summed E-state index contributed by atoms with van der Waals surface area (Å²) in [6, 6.07) is 12.3. The lowest BCUT2D eigenvalue weighted by Gasteiger charge is -2.31. The molecule has 2 aromatic rings. The quantitative estimate of drug-likeness (QED) is 0.239. The summed E-state index contributed by atoms with van der Waals surface area (Å²) in [7, 11) is 0. The molecule has 0 unspecified atom stereocenters. The Balaban J connectivity index is 2.05. The number of unbranched alkanes of at least 4 members (excludes halogenated alkanes) is 3. The normalized spacial score (nSPS) is 17.3. The molecule has 0 spiro atoms. The molecular formula is C26H35N5O4. The number of nitrogens with one attached hydrogen (secondary N) is 2. The van der Waals surface area contributed by atoms with Crippen LogP contribution in [-0.2, 0) is 16.1 Å². The second kappa shape index (κ2) is 12.9. The third-order valence-electron chi connectivity index (χ3n) is 6.23. The lowest BCUT2D eigenvalue weighted by atomic mass is 10.0. The summed E-state index contributed by atoms with van der Waals surface area (Å²) in [6.07, 6.45) is 4.88. The van der Waals surface area contributed by atoms with Crippen molar-refractivity contribution in [3.8, 4) is 0 Å². The van der Waals surface area contributed by atoms with Gasteiger partial charge in [0.05, 0.1) is 4.92 Å². The van der Waals surface area contributed by atoms with Crippen LogP contribution in [-0.4, -0.2) is 40.8 Å². The Bertz CT molecular complexity index is 1010. The van der Waals surface area contributed by atoms with Gasteiger partial charge in [-0.2, -0.15) is 0 Å². The fourth-order valence-electron chi connectivity index (χ4n) is 4.37. The van der Waals surface area contributed by atoms with Crippen LogP contribution >= 0.6 is 0 Å². The molecule has 1 aliphatic heterocycles. The van der Waals surface area contributed by atoms with E-state index in [0.29, 0.717) is 30.8 Å². The summed E-state index contributed by atoms with van der Waals surface area (Å²) in [5, 5.41) is 17.8. The fourth-order valence-corrected chi connectivity index (χ4v) is 4.37. The maximum Gasteiger partial charge on any atom is 0.269 e. The number of nitrogens with zero attached hydrogens (tertiary/aromatic N) is 2. The molecule has 1 heterocycles. The number of nitrogens with two attached hydrogens (primary N) is 1. The van der Waals surface area contributed by atoms with E-state index in [2.05, 4.69) is 17.6 Å². The minimum Gasteiger partial charge on any atom is -0.373 e. The first kappa shape index (κ1) is 26.2. The largest absolute Gasteiger partial charge is 0.373 e. The zero-order valence-corrected chi connectivity index (χ0v) is 20.2. The van der Waals surface area contributed by atoms with Gasteiger partial charge >= 0.3 is 0 Å². The number of fused-ring (bicyclic) bond motifs is 1. The number of hydrogen-bond acceptors (Lipinski definition) is 6. The molecule has 0 aliphatic carbocycles. The molecule has 0 fully saturated rings. The molecule has 2 amide bonds. The van der Waals surface area contributed by atoms with Crippen molar-refractivity contribution < 1.29 is 14.5 Å². The van der Waals surface area contributed by atoms with Gasteiger partial charge in [-0.1, -0.05) is 50.1 Å². The van der Waals surface area contributed by atoms with Gasteiger partial charge in [-0.25, -0.2) is 0 Å². The molecule has 0 saturated heterocycles. The topological polar surface area (TPSA) is 131 Å². The zero-order valence-electron chi connectivity index (χ0n) is 20.2. The molecule has 188 valence electrons. The number of nitro groups is 1. The van der Waals surface area contributed by atoms with Gasteiger partial charge < -0.3 is 21.3 Å². The molecule has 2 atom stereocenters. The maximum absolute atomic E-state index is 13.8. The fraction of sp³-hybridized carbons (Fsp3) is 0.462. The number of non-ortho nitro benzene ring substituents is 1. The van der Waals surface area contributed by atoms with Gasteiger partial charge in [0.15, 0.2) is 0 Å². The average molecular weight is 482 g/mol. The average Bonchev–Trinajstić information content (AvgIpc) is 2.97. The molecule has 3 rings (SSSR count). The Hall–Kier alpha value is -3.46. The van der Waals surface area contributed by atoms with E-state index < -0.39 is 17.0 Å². The van der Waals surface area contributed by atoms with Crippen molar-refractivity contribution in [3.63, 3.8) is 0 Å². The van der Waals surface area contributed by atoms with Gasteiger partial charge in [0.2, 0.25) is 11.8 Å². The summed E-state index contributed by atoms with van der Waals surface area (Å²) in [5.74, 6) is -0.546. The number of benzene rings is 2. The van der Waals surface area contributed by atoms with E-state index in [1.807, 2.05) is 30.3 Å². The minimum atomic E-state index is -0.994. The second-order valence-electron chi connectivity index (χ2n) is 8.86. The summed E-state index contributed by atoms with van der Waals surface area (Å²) in [4.78, 5) is 40.0. The third-order valence-corrected chi connectivity index (χ3v) is 6.23. The van der Waals surface area contributed by atoms with Crippen LogP contribution in [0.25, 0.3) is 0 Å². The number of carbonyl (C=O) groups is 2. The van der Waals surface area contributed by atoms with E-state index in [0.717, 1.165) is 37.7 Å². The van der Waals surface area contributed by atoms with Gasteiger partial charge in [0, 0.05) is 36.5 Å². The Labute approximate surface area is 206 Å². The number of amides is 2. The van der Waals surface area contributed by atoms with Crippen molar-refractivity contribution in [1.82, 2.24) is 10.2 Å². The third kappa shape index (κ3) is 6.79. The van der Waals surface area contributed by atoms with Crippen molar-refractivity contribution in [2.45, 2.75) is 64.1 Å². The van der Waals surface area contributed by atoms with Crippen LogP contribution in [0.1, 0.15) is 62.6 Å². The Morgan fingerprint density at radius 3 is 2.60 bits per heavy atom. The first-order chi connectivity index (χ1) is 17.0. The number of nitro benzene ring substituents is 1. The van der Waals surface area contributed by atoms with Crippen molar-refractivity contribution in [3.05, 3.63) is 69.8 Å². The lowest BCUT2D eigenvalue weighted by molar-refractivity contribution is -0.384. The first-order valence-corrected chi connectivity index (χ1v) is 12.3. The van der Waals surface area contributed by atoms with Crippen LogP contribution in [0.4, 0.5) is 11.4 Å². The van der Waals surface area contributed by atoms with Gasteiger partial charge in [-0.3, -0.25) is 19.7 Å². The Morgan fingerprint density at radius 1 is 1.14 bits per heavy atom. The second-order valence-corrected chi connectivity index (χ2v) is 8.86. The summed E-state index contributed by atoms with van der Waals surface area (Å²) in [6.45, 7) is 3.30. The molecule has 1 aliphatic rings. The molecule has 0 saturated carbocycles. The molecule has 0 radical (unpaired) electrons. The monoisotopic (exact) mass is 481 g/mol. The summed E-state index contributed by atoms with van der Waals surface area (Å²) >= 11 is 0. The van der Waals surface area contributed by atoms with E-state index in [-0.39, 0.29) is 24.0 Å². The van der Waals surface area contributed by atoms with Crippen LogP contribution < -0.4 is 16.4 Å². The molecule has 0 bridgehead atoms. The van der Waals surface area contributed by atoms with Crippen LogP contribution in [0.2, 0.25) is 0 Å². The van der Waals surface area contributed by atoms with Gasteiger partial charge in [0.25, 0.3) is 5.69 Å². The predicted molar refractivity (Wildman–Crippen MR) is 136 cm³/mol. The molecule has 9 nitrogen and oxygen atoms in total. The molecule has 4 N–H and O–H groups in total. The number of hydrogen-bond donors (Lipinski definition) is 3. The van der Waals surface area contributed by atoms with Crippen LogP contribution in [0.15, 0.2) is 48.5 Å². The summed E-state index contributed by atoms with van der Waals surface area (Å²) in [5.41, 5.74) is 7.40. The highest BCUT2D eigenvalue weighted by atomic mass is 16.6. The number of anilines is 1. The molecule has 0 aromatic heterocycles. The highest BCUT2D eigenvalue weighted by Gasteiger charge is 2.40. The van der Waals surface area contributed by atoms with E-state index in [1.54, 1.807) is 11.0 Å². The standard InChI is InChI=1S/C26H35N5O4/c1-2-3-9-16-28-25(32)24-21-17-20(31(34)35)13-14-22(21)29-23(12-7-8-15-27)26(33)30(24)18-19-10-5-4-6-11-19/h4-6,10-11,13-14,17,23-24,29H,2-3,7-9,12,15-16,18,27H2,1H3,(H,28,32)/t23-,24-/m0/s1. The smallest absolute Gasteiger partial charge is 0.269 e. The summed E-state index contributed by atoms with van der Waals surface area (Å²) < 4.78 is 0. The molecule has 9 heteroatoms. The molecule has 2 aromatic carbocycles. The van der Waals surface area contributed by atoms with E-state index in [1.165, 1.54) is 12.1 Å². The van der Waals surface area contributed by atoms with E-state index in [9.17, 15) is 19.7 Å². The zero-order chi connectivity index (χ0) is 25.2. The minimum absolute atomic E-state index is 0.122. The predicted octanol–water partition coefficient (Wildman–Crippen LogP) is 3.89. The Kier molecular flexibility index (Phi) is 9.60. The lowest BCUT2D eigenvalue weighted by Crippen LogP contribution is -2.46. The van der Waals surface area contributed by atoms with Crippen molar-refractivity contribution in [1.29, 1.82) is 0 Å². The molecular weight excluding hydrogens is 446 g/mol. The van der Waals surface area contributed by atoms with Crippen molar-refractivity contribution >= 4 is 23.2 Å². The Morgan fingerprint density at radius 2 is 1.91 bits per heavy atom. The number of rotatable bonds is 12. The molecule has 35 heavy (non-hydrogen) atoms. The van der Waals surface area contributed by atoms with E-state index >= 15 is 0 Å². The number of carbonyl (C=O) groups excluding carboxylic acids is 2. The van der Waals surface area contributed by atoms with Crippen LogP contribution in [0.5, 0.6) is 0 Å². The van der Waals surface area contributed by atoms with Crippen LogP contribution in [0, 0.1) is 10.1 Å². The van der Waals surface area contributed by atoms with Crippen molar-refractivity contribution in [2.75, 3.05) is 18.4 Å². The highest BCUT2D eigenvalue weighted by molar-refractivity contribution is 5.95. The van der Waals surface area contributed by atoms with Crippen molar-refractivity contribution in [2.24, 2.45) is 5.73 Å². The SMILES string of the molecule is CCCCCNC(=O)[C@@H]1c2cc([N+](=O)[O-])ccc2N[C@@H](CCCCN)C(=O)N1Cc1ccccc1. The van der Waals surface area contributed by atoms with Crippen LogP contribution in [0.3, 0.4) is 0 Å². The first-order valence-electron chi connectivity index (χ1n) is 12.3. The van der Waals surface area contributed by atoms with Gasteiger partial charge in [0.1, 0.15) is 12.1 Å². The maximum atomic E-state index is 13.8. The highest BCUT2D eigenvalue weighted by Crippen LogP contribution is 2.36. The van der Waals surface area contributed by atoms with Gasteiger partial charge in [-0.05, 0) is 43.9 Å². The van der Waals surface area contributed by atoms with E-state index in [4.69, 9.17) is 5.73 Å². The van der Waals surface area contributed by atoms with Gasteiger partial charge in [-0.15, -0.1) is 0 Å².